The first-order chi connectivity index (χ1) is 10.9. The Balaban J connectivity index is 1.84. The average Bonchev–Trinajstić information content (AvgIpc) is 3.31. The minimum atomic E-state index is -4.42. The second kappa shape index (κ2) is 5.91. The highest BCUT2D eigenvalue weighted by Gasteiger charge is 2.30. The number of halogens is 3. The lowest BCUT2D eigenvalue weighted by Crippen LogP contribution is -2.26. The fraction of sp³-hybridized carbons (Fsp3) is 0.250. The molecular formula is C16H14F3N3O. The summed E-state index contributed by atoms with van der Waals surface area (Å²) in [4.78, 5) is 16.2. The number of carbonyl (C=O) groups excluding carboxylic acids is 1. The number of nitrogens with one attached hydrogen (secondary N) is 2. The Bertz CT molecular complexity index is 727. The van der Waals surface area contributed by atoms with Crippen molar-refractivity contribution < 1.29 is 18.0 Å². The molecule has 3 rings (SSSR count). The largest absolute Gasteiger partial charge is 0.416 e. The van der Waals surface area contributed by atoms with E-state index in [1.54, 1.807) is 12.1 Å². The number of hydrogen-bond donors (Lipinski definition) is 2. The van der Waals surface area contributed by atoms with E-state index in [-0.39, 0.29) is 23.5 Å². The fourth-order valence-electron chi connectivity index (χ4n) is 2.09. The van der Waals surface area contributed by atoms with E-state index in [1.807, 2.05) is 0 Å². The summed E-state index contributed by atoms with van der Waals surface area (Å²) in [7, 11) is 0. The van der Waals surface area contributed by atoms with E-state index in [1.165, 1.54) is 18.3 Å². The molecule has 120 valence electrons. The molecule has 1 aromatic carbocycles. The molecule has 1 amide bonds. The highest BCUT2D eigenvalue weighted by molar-refractivity contribution is 5.99. The monoisotopic (exact) mass is 321 g/mol. The predicted octanol–water partition coefficient (Wildman–Crippen LogP) is 3.74. The van der Waals surface area contributed by atoms with Crippen molar-refractivity contribution in [2.45, 2.75) is 25.1 Å². The molecule has 23 heavy (non-hydrogen) atoms. The van der Waals surface area contributed by atoms with Gasteiger partial charge < -0.3 is 10.6 Å². The van der Waals surface area contributed by atoms with Gasteiger partial charge >= 0.3 is 6.18 Å². The molecular weight excluding hydrogens is 307 g/mol. The summed E-state index contributed by atoms with van der Waals surface area (Å²) in [6, 6.07) is 8.15. The minimum absolute atomic E-state index is 0.184. The molecule has 0 bridgehead atoms. The van der Waals surface area contributed by atoms with Crippen LogP contribution in [0, 0.1) is 0 Å². The van der Waals surface area contributed by atoms with Gasteiger partial charge in [-0.25, -0.2) is 4.98 Å². The van der Waals surface area contributed by atoms with E-state index in [0.717, 1.165) is 25.0 Å². The van der Waals surface area contributed by atoms with Gasteiger partial charge in [-0.05, 0) is 43.2 Å². The van der Waals surface area contributed by atoms with E-state index in [2.05, 4.69) is 15.6 Å². The SMILES string of the molecule is O=C(NC1CC1)c1cccnc1Nc1cccc(C(F)(F)F)c1. The fourth-order valence-corrected chi connectivity index (χ4v) is 2.09. The quantitative estimate of drug-likeness (QED) is 0.902. The molecule has 4 nitrogen and oxygen atoms in total. The van der Waals surface area contributed by atoms with Crippen LogP contribution in [0.15, 0.2) is 42.6 Å². The number of amides is 1. The number of anilines is 2. The van der Waals surface area contributed by atoms with Gasteiger partial charge in [0.05, 0.1) is 11.1 Å². The maximum atomic E-state index is 12.8. The number of alkyl halides is 3. The Morgan fingerprint density at radius 1 is 1.17 bits per heavy atom. The van der Waals surface area contributed by atoms with Crippen LogP contribution in [0.25, 0.3) is 0 Å². The highest BCUT2D eigenvalue weighted by Crippen LogP contribution is 2.31. The van der Waals surface area contributed by atoms with Gasteiger partial charge in [0.1, 0.15) is 5.82 Å². The molecule has 7 heteroatoms. The molecule has 2 N–H and O–H groups in total. The molecule has 0 saturated heterocycles. The Morgan fingerprint density at radius 2 is 1.96 bits per heavy atom. The summed E-state index contributed by atoms with van der Waals surface area (Å²) in [5.74, 6) is -0.0555. The highest BCUT2D eigenvalue weighted by atomic mass is 19.4. The molecule has 1 heterocycles. The number of carbonyl (C=O) groups is 1. The standard InChI is InChI=1S/C16H14F3N3O/c17-16(18,19)10-3-1-4-12(9-10)21-14-13(5-2-8-20-14)15(23)22-11-6-7-11/h1-5,8-9,11H,6-7H2,(H,20,21)(H,22,23). The maximum Gasteiger partial charge on any atom is 0.416 e. The summed E-state index contributed by atoms with van der Waals surface area (Å²) in [5.41, 5.74) is -0.238. The van der Waals surface area contributed by atoms with Crippen molar-refractivity contribution in [2.75, 3.05) is 5.32 Å². The summed E-state index contributed by atoms with van der Waals surface area (Å²) >= 11 is 0. The van der Waals surface area contributed by atoms with E-state index in [0.29, 0.717) is 5.56 Å². The van der Waals surface area contributed by atoms with Gasteiger partial charge in [-0.2, -0.15) is 13.2 Å². The second-order valence-electron chi connectivity index (χ2n) is 5.35. The third kappa shape index (κ3) is 3.80. The van der Waals surface area contributed by atoms with Crippen molar-refractivity contribution in [3.05, 3.63) is 53.7 Å². The zero-order valence-electron chi connectivity index (χ0n) is 12.0. The predicted molar refractivity (Wildman–Crippen MR) is 79.5 cm³/mol. The third-order valence-electron chi connectivity index (χ3n) is 3.42. The van der Waals surface area contributed by atoms with Crippen LogP contribution in [0.2, 0.25) is 0 Å². The molecule has 1 aromatic heterocycles. The van der Waals surface area contributed by atoms with Crippen molar-refractivity contribution >= 4 is 17.4 Å². The van der Waals surface area contributed by atoms with Crippen molar-refractivity contribution in [2.24, 2.45) is 0 Å². The lowest BCUT2D eigenvalue weighted by molar-refractivity contribution is -0.137. The van der Waals surface area contributed by atoms with Crippen molar-refractivity contribution in [3.8, 4) is 0 Å². The number of nitrogens with zero attached hydrogens (tertiary/aromatic N) is 1. The minimum Gasteiger partial charge on any atom is -0.349 e. The molecule has 0 unspecified atom stereocenters. The van der Waals surface area contributed by atoms with Gasteiger partial charge in [0.2, 0.25) is 0 Å². The molecule has 0 atom stereocenters. The van der Waals surface area contributed by atoms with E-state index in [9.17, 15) is 18.0 Å². The van der Waals surface area contributed by atoms with Crippen LogP contribution < -0.4 is 10.6 Å². The van der Waals surface area contributed by atoms with Crippen LogP contribution in [0.5, 0.6) is 0 Å². The van der Waals surface area contributed by atoms with Gasteiger partial charge in [0, 0.05) is 17.9 Å². The molecule has 1 aliphatic carbocycles. The molecule has 2 aromatic rings. The Hall–Kier alpha value is -2.57. The first kappa shape index (κ1) is 15.3. The van der Waals surface area contributed by atoms with Gasteiger partial charge in [-0.15, -0.1) is 0 Å². The normalized spacial score (nSPS) is 14.4. The van der Waals surface area contributed by atoms with Crippen LogP contribution >= 0.6 is 0 Å². The first-order valence-electron chi connectivity index (χ1n) is 7.13. The topological polar surface area (TPSA) is 54.0 Å². The summed E-state index contributed by atoms with van der Waals surface area (Å²) < 4.78 is 38.3. The lowest BCUT2D eigenvalue weighted by atomic mass is 10.2. The third-order valence-corrected chi connectivity index (χ3v) is 3.42. The van der Waals surface area contributed by atoms with Gasteiger partial charge in [0.25, 0.3) is 5.91 Å². The maximum absolute atomic E-state index is 12.8. The van der Waals surface area contributed by atoms with Crippen molar-refractivity contribution in [1.82, 2.24) is 10.3 Å². The molecule has 1 aliphatic rings. The van der Waals surface area contributed by atoms with Crippen LogP contribution in [0.1, 0.15) is 28.8 Å². The average molecular weight is 321 g/mol. The Morgan fingerprint density at radius 3 is 2.65 bits per heavy atom. The Kier molecular flexibility index (Phi) is 3.94. The van der Waals surface area contributed by atoms with E-state index < -0.39 is 11.7 Å². The number of aromatic nitrogens is 1. The Labute approximate surface area is 130 Å². The van der Waals surface area contributed by atoms with Crippen LogP contribution in [-0.4, -0.2) is 16.9 Å². The van der Waals surface area contributed by atoms with Crippen LogP contribution in [0.4, 0.5) is 24.7 Å². The van der Waals surface area contributed by atoms with Gasteiger partial charge in [-0.3, -0.25) is 4.79 Å². The van der Waals surface area contributed by atoms with Crippen molar-refractivity contribution in [1.29, 1.82) is 0 Å². The van der Waals surface area contributed by atoms with Crippen LogP contribution in [-0.2, 0) is 6.18 Å². The first-order valence-corrected chi connectivity index (χ1v) is 7.13. The molecule has 1 fully saturated rings. The zero-order valence-corrected chi connectivity index (χ0v) is 12.0. The van der Waals surface area contributed by atoms with Gasteiger partial charge in [-0.1, -0.05) is 6.07 Å². The number of benzene rings is 1. The smallest absolute Gasteiger partial charge is 0.349 e. The summed E-state index contributed by atoms with van der Waals surface area (Å²) in [5, 5.41) is 5.62. The summed E-state index contributed by atoms with van der Waals surface area (Å²) in [6.07, 6.45) is -1.05. The van der Waals surface area contributed by atoms with E-state index >= 15 is 0 Å². The van der Waals surface area contributed by atoms with Crippen molar-refractivity contribution in [3.63, 3.8) is 0 Å². The number of hydrogen-bond acceptors (Lipinski definition) is 3. The second-order valence-corrected chi connectivity index (χ2v) is 5.35. The van der Waals surface area contributed by atoms with E-state index in [4.69, 9.17) is 0 Å². The molecule has 1 saturated carbocycles. The number of rotatable bonds is 4. The zero-order chi connectivity index (χ0) is 16.4. The molecule has 0 aliphatic heterocycles. The van der Waals surface area contributed by atoms with Crippen LogP contribution in [0.3, 0.4) is 0 Å². The van der Waals surface area contributed by atoms with Gasteiger partial charge in [0.15, 0.2) is 0 Å². The molecule has 0 spiro atoms. The lowest BCUT2D eigenvalue weighted by Gasteiger charge is -2.13. The summed E-state index contributed by atoms with van der Waals surface area (Å²) in [6.45, 7) is 0. The number of pyridine rings is 1. The molecule has 0 radical (unpaired) electrons.